The number of aliphatic hydroxyl groups is 4. The Morgan fingerprint density at radius 3 is 2.23 bits per heavy atom. The summed E-state index contributed by atoms with van der Waals surface area (Å²) >= 11 is 0. The van der Waals surface area contributed by atoms with Gasteiger partial charge in [-0.05, 0) is 31.2 Å². The molecule has 1 fully saturated rings. The molecule has 73 heavy (non-hydrogen) atoms. The van der Waals surface area contributed by atoms with E-state index in [9.17, 15) is 44.7 Å². The van der Waals surface area contributed by atoms with Gasteiger partial charge in [-0.25, -0.2) is 9.48 Å². The molecule has 1 saturated heterocycles. The van der Waals surface area contributed by atoms with E-state index in [2.05, 4.69) is 36.6 Å². The first-order chi connectivity index (χ1) is 35.4. The van der Waals surface area contributed by atoms with Crippen molar-refractivity contribution in [3.63, 3.8) is 0 Å². The van der Waals surface area contributed by atoms with Crippen LogP contribution in [0.4, 0.5) is 0 Å². The maximum Gasteiger partial charge on any atom is 0.364 e. The van der Waals surface area contributed by atoms with Crippen molar-refractivity contribution in [3.05, 3.63) is 36.0 Å². The number of benzene rings is 1. The summed E-state index contributed by atoms with van der Waals surface area (Å²) in [6.07, 6.45) is -0.421. The lowest BCUT2D eigenvalue weighted by atomic mass is 9.88. The zero-order valence-corrected chi connectivity index (χ0v) is 41.9. The third-order valence-electron chi connectivity index (χ3n) is 11.4. The highest BCUT2D eigenvalue weighted by Gasteiger charge is 2.55. The van der Waals surface area contributed by atoms with Gasteiger partial charge in [-0.15, -0.1) is 9.78 Å². The summed E-state index contributed by atoms with van der Waals surface area (Å²) in [7, 11) is 1.60. The van der Waals surface area contributed by atoms with Crippen molar-refractivity contribution in [2.24, 2.45) is 10.3 Å². The summed E-state index contributed by atoms with van der Waals surface area (Å²) in [5, 5.41) is 77.5. The fourth-order valence-electron chi connectivity index (χ4n) is 7.42. The number of hydrogen-bond donors (Lipinski definition) is 8. The predicted octanol–water partition coefficient (Wildman–Crippen LogP) is -1.21. The van der Waals surface area contributed by atoms with Crippen molar-refractivity contribution in [2.75, 3.05) is 113 Å². The van der Waals surface area contributed by atoms with E-state index < -0.39 is 73.6 Å². The molecular weight excluding hydrogens is 963 g/mol. The maximum atomic E-state index is 13.0. The lowest BCUT2D eigenvalue weighted by Crippen LogP contribution is -2.68. The molecule has 8 N–H and O–H groups in total. The zero-order valence-electron chi connectivity index (χ0n) is 41.9. The van der Waals surface area contributed by atoms with Crippen LogP contribution in [-0.4, -0.2) is 230 Å². The number of carbonyl (C=O) groups is 4. The number of aliphatic carboxylic acids is 1. The predicted molar refractivity (Wildman–Crippen MR) is 257 cm³/mol. The number of aliphatic hydroxyl groups excluding tert-OH is 4. The second kappa shape index (κ2) is 34.5. The van der Waals surface area contributed by atoms with Crippen LogP contribution in [0.1, 0.15) is 57.4 Å². The van der Waals surface area contributed by atoms with E-state index in [0.717, 1.165) is 24.8 Å². The minimum Gasteiger partial charge on any atom is -0.477 e. The molecule has 0 bridgehead atoms. The molecule has 4 rings (SSSR count). The van der Waals surface area contributed by atoms with E-state index in [0.29, 0.717) is 123 Å². The first-order valence-electron chi connectivity index (χ1n) is 24.8. The lowest BCUT2D eigenvalue weighted by molar-refractivity contribution is -0.532. The van der Waals surface area contributed by atoms with E-state index in [-0.39, 0.29) is 25.0 Å². The number of unbranched alkanes of at least 4 members (excludes halogenated alkanes) is 3. The van der Waals surface area contributed by atoms with Crippen LogP contribution < -0.4 is 16.0 Å². The van der Waals surface area contributed by atoms with Crippen LogP contribution in [0.3, 0.4) is 0 Å². The Morgan fingerprint density at radius 2 is 1.55 bits per heavy atom. The number of hydrogen-bond acceptors (Lipinski definition) is 20. The van der Waals surface area contributed by atoms with Crippen LogP contribution in [0.15, 0.2) is 40.8 Å². The second-order valence-electron chi connectivity index (χ2n) is 17.2. The number of nitrogens with zero attached hydrogens (tertiary/aromatic N) is 6. The van der Waals surface area contributed by atoms with E-state index in [1.54, 1.807) is 46.9 Å². The first-order valence-corrected chi connectivity index (χ1v) is 24.8. The topological polar surface area (TPSA) is 338 Å². The third kappa shape index (κ3) is 22.6. The van der Waals surface area contributed by atoms with E-state index in [4.69, 9.17) is 37.9 Å². The molecule has 2 aliphatic heterocycles. The smallest absolute Gasteiger partial charge is 0.364 e. The molecule has 1 aromatic heterocycles. The monoisotopic (exact) mass is 1040 g/mol. The molecule has 3 amide bonds. The van der Waals surface area contributed by atoms with Crippen molar-refractivity contribution >= 4 is 29.9 Å². The molecule has 7 atom stereocenters. The van der Waals surface area contributed by atoms with E-state index >= 15 is 0 Å². The SMILES string of the molecule is CCCNC(=O)CCOCCOCCOCCOCCn1cc(-c2ccc(CC(=O)NC[C@@H](O)[C@@H](O)[C@@H]3O[C@@](OCCCCCC[N+]4=CC(COCCOC)N=N4)(C(=O)O)C[C@H](O)[C@H]3NC(=O)CO)cc2)nn1. The molecule has 2 aliphatic rings. The molecule has 410 valence electrons. The highest BCUT2D eigenvalue weighted by molar-refractivity contribution is 5.79. The highest BCUT2D eigenvalue weighted by Crippen LogP contribution is 2.34. The van der Waals surface area contributed by atoms with Gasteiger partial charge in [0.1, 0.15) is 49.1 Å². The van der Waals surface area contributed by atoms with Gasteiger partial charge in [-0.2, -0.15) is 0 Å². The van der Waals surface area contributed by atoms with Crippen LogP contribution in [0, 0.1) is 0 Å². The fraction of sp³-hybridized carbons (Fsp3) is 0.723. The van der Waals surface area contributed by atoms with Crippen LogP contribution in [0.25, 0.3) is 11.3 Å². The van der Waals surface area contributed by atoms with Gasteiger partial charge in [0.2, 0.25) is 23.8 Å². The number of carbonyl (C=O) groups excluding carboxylic acids is 3. The summed E-state index contributed by atoms with van der Waals surface area (Å²) in [6, 6.07) is 5.38. The molecule has 0 radical (unpaired) electrons. The first kappa shape index (κ1) is 60.6. The molecule has 2 aromatic rings. The third-order valence-corrected chi connectivity index (χ3v) is 11.4. The molecule has 0 saturated carbocycles. The molecule has 0 spiro atoms. The molecule has 26 heteroatoms. The lowest BCUT2D eigenvalue weighted by Gasteiger charge is -2.46. The van der Waals surface area contributed by atoms with Crippen LogP contribution in [0.2, 0.25) is 0 Å². The minimum atomic E-state index is -2.46. The summed E-state index contributed by atoms with van der Waals surface area (Å²) in [5.41, 5.74) is 1.98. The van der Waals surface area contributed by atoms with Crippen molar-refractivity contribution in [3.8, 4) is 11.3 Å². The number of methoxy groups -OCH3 is 1. The Labute approximate surface area is 424 Å². The van der Waals surface area contributed by atoms with Crippen LogP contribution in [0.5, 0.6) is 0 Å². The van der Waals surface area contributed by atoms with Crippen LogP contribution in [-0.2, 0) is 70.0 Å². The van der Waals surface area contributed by atoms with Gasteiger partial charge in [-0.1, -0.05) is 42.8 Å². The minimum absolute atomic E-state index is 0.0212. The Bertz CT molecular complexity index is 1980. The molecule has 1 unspecified atom stereocenters. The van der Waals surface area contributed by atoms with Crippen molar-refractivity contribution in [1.29, 1.82) is 0 Å². The Kier molecular flexibility index (Phi) is 28.6. The average molecular weight is 1040 g/mol. The Balaban J connectivity index is 1.14. The fourth-order valence-corrected chi connectivity index (χ4v) is 7.42. The Morgan fingerprint density at radius 1 is 0.863 bits per heavy atom. The van der Waals surface area contributed by atoms with Gasteiger partial charge >= 0.3 is 5.97 Å². The number of aromatic nitrogens is 3. The summed E-state index contributed by atoms with van der Waals surface area (Å²) in [4.78, 5) is 49.4. The molecule has 26 nitrogen and oxygen atoms in total. The number of amides is 3. The number of rotatable bonds is 40. The van der Waals surface area contributed by atoms with Crippen molar-refractivity contribution < 1.29 is 87.3 Å². The molecular formula is C47H76N9O17+. The summed E-state index contributed by atoms with van der Waals surface area (Å²) in [6.45, 7) is 6.65. The summed E-state index contributed by atoms with van der Waals surface area (Å²) < 4.78 is 47.4. The van der Waals surface area contributed by atoms with Gasteiger partial charge < -0.3 is 79.4 Å². The number of carboxylic acids is 1. The van der Waals surface area contributed by atoms with Crippen molar-refractivity contribution in [2.45, 2.75) is 107 Å². The average Bonchev–Trinajstić information content (AvgIpc) is 4.06. The van der Waals surface area contributed by atoms with Crippen molar-refractivity contribution in [1.82, 2.24) is 30.9 Å². The molecule has 1 aromatic carbocycles. The molecule has 0 aliphatic carbocycles. The highest BCUT2D eigenvalue weighted by atomic mass is 16.7. The van der Waals surface area contributed by atoms with Crippen LogP contribution >= 0.6 is 0 Å². The van der Waals surface area contributed by atoms with Gasteiger partial charge in [-0.3, -0.25) is 14.4 Å². The summed E-state index contributed by atoms with van der Waals surface area (Å²) in [5.74, 6) is -5.55. The largest absolute Gasteiger partial charge is 0.477 e. The normalized spacial score (nSPS) is 20.4. The number of nitrogens with one attached hydrogen (secondary N) is 3. The quantitative estimate of drug-likeness (QED) is 0.0287. The second-order valence-corrected chi connectivity index (χ2v) is 17.2. The van der Waals surface area contributed by atoms with Gasteiger partial charge in [0, 0.05) is 43.7 Å². The van der Waals surface area contributed by atoms with E-state index in [1.165, 1.54) is 0 Å². The standard InChI is InChI=1S/C47H75N9O17/c1-3-13-48-40(60)12-17-67-21-23-69-25-26-70-24-22-68-18-15-56-31-37(52-54-56)35-10-8-34(9-11-35)27-41(61)49-29-39(59)44(63)45-43(50-42(62)32-57)38(58)28-47(73-45,46(64)65)72-16-7-5-4-6-14-55-30-36(51-53-55)33-71-20-19-66-2/h8-11,30-31,36,38-39,43-45,57-59,63H,3-7,12-29,32-33H2,1-2H3,(H3-,48,49,50,60,61,62,64,65)/p+1/t36?,38-,39+,43+,44+,45+,47+/m0/s1. The number of ether oxygens (including phenoxy) is 8. The number of carboxylic acid groups (broad SMARTS) is 1. The molecule has 3 heterocycles. The van der Waals surface area contributed by atoms with Gasteiger partial charge in [0.15, 0.2) is 0 Å². The van der Waals surface area contributed by atoms with Gasteiger partial charge in [0.25, 0.3) is 5.79 Å². The Hall–Kier alpha value is -4.97. The van der Waals surface area contributed by atoms with Gasteiger partial charge in [0.05, 0.1) is 110 Å². The zero-order chi connectivity index (χ0) is 52.7. The maximum absolute atomic E-state index is 13.0. The van der Waals surface area contributed by atoms with E-state index in [1.807, 2.05) is 13.1 Å².